The van der Waals surface area contributed by atoms with E-state index in [-0.39, 0.29) is 15.6 Å². The second-order valence-electron chi connectivity index (χ2n) is 3.16. The molecule has 0 spiro atoms. The fraction of sp³-hybridized carbons (Fsp3) is 0.200. The summed E-state index contributed by atoms with van der Waals surface area (Å²) in [6, 6.07) is 2.97. The number of aliphatic carboxylic acids is 1. The number of hydrogen-bond donors (Lipinski definition) is 1. The van der Waals surface area contributed by atoms with Gasteiger partial charge in [-0.15, -0.1) is 0 Å². The summed E-state index contributed by atoms with van der Waals surface area (Å²) < 4.78 is 37.3. The van der Waals surface area contributed by atoms with Gasteiger partial charge in [0, 0.05) is 4.47 Å². The highest BCUT2D eigenvalue weighted by atomic mass is 79.9. The highest BCUT2D eigenvalue weighted by Crippen LogP contribution is 2.34. The van der Waals surface area contributed by atoms with Gasteiger partial charge in [-0.05, 0) is 17.7 Å². The van der Waals surface area contributed by atoms with E-state index < -0.39 is 24.1 Å². The Kier molecular flexibility index (Phi) is 3.78. The zero-order valence-corrected chi connectivity index (χ0v) is 9.76. The average Bonchev–Trinajstić information content (AvgIpc) is 2.18. The van der Waals surface area contributed by atoms with Gasteiger partial charge in [0.15, 0.2) is 0 Å². The van der Waals surface area contributed by atoms with Gasteiger partial charge < -0.3 is 5.11 Å². The van der Waals surface area contributed by atoms with Crippen molar-refractivity contribution in [3.63, 3.8) is 0 Å². The summed E-state index contributed by atoms with van der Waals surface area (Å²) in [4.78, 5) is 10.5. The number of alkyl halides is 3. The van der Waals surface area contributed by atoms with Crippen LogP contribution in [0, 0.1) is 11.3 Å². The Labute approximate surface area is 103 Å². The number of carbonyl (C=O) groups is 1. The molecule has 0 saturated carbocycles. The van der Waals surface area contributed by atoms with E-state index in [4.69, 9.17) is 10.4 Å². The minimum absolute atomic E-state index is 0.0352. The molecule has 7 heteroatoms. The van der Waals surface area contributed by atoms with Crippen LogP contribution >= 0.6 is 15.9 Å². The van der Waals surface area contributed by atoms with Crippen LogP contribution in [0.4, 0.5) is 13.2 Å². The van der Waals surface area contributed by atoms with E-state index in [2.05, 4.69) is 15.9 Å². The minimum Gasteiger partial charge on any atom is -0.481 e. The maximum absolute atomic E-state index is 12.4. The molecule has 0 atom stereocenters. The largest absolute Gasteiger partial charge is 0.481 e. The molecule has 0 radical (unpaired) electrons. The fourth-order valence-electron chi connectivity index (χ4n) is 1.23. The highest BCUT2D eigenvalue weighted by Gasteiger charge is 2.32. The van der Waals surface area contributed by atoms with Gasteiger partial charge in [0.05, 0.1) is 23.6 Å². The van der Waals surface area contributed by atoms with E-state index in [0.717, 1.165) is 6.07 Å². The van der Waals surface area contributed by atoms with Gasteiger partial charge in [-0.2, -0.15) is 18.4 Å². The topological polar surface area (TPSA) is 61.1 Å². The van der Waals surface area contributed by atoms with Crippen molar-refractivity contribution in [3.05, 3.63) is 33.3 Å². The molecule has 0 aromatic heterocycles. The quantitative estimate of drug-likeness (QED) is 0.913. The summed E-state index contributed by atoms with van der Waals surface area (Å²) in [7, 11) is 0. The molecular formula is C10H5BrF3NO2. The van der Waals surface area contributed by atoms with Crippen molar-refractivity contribution in [2.24, 2.45) is 0 Å². The first-order chi connectivity index (χ1) is 7.75. The predicted octanol–water partition coefficient (Wildman–Crippen LogP) is 2.97. The van der Waals surface area contributed by atoms with Crippen molar-refractivity contribution < 1.29 is 23.1 Å². The number of halogens is 4. The van der Waals surface area contributed by atoms with Gasteiger partial charge in [0.1, 0.15) is 0 Å². The van der Waals surface area contributed by atoms with E-state index in [1.165, 1.54) is 0 Å². The third-order valence-corrected chi connectivity index (χ3v) is 2.68. The lowest BCUT2D eigenvalue weighted by atomic mass is 10.0. The zero-order chi connectivity index (χ0) is 13.2. The third-order valence-electron chi connectivity index (χ3n) is 1.97. The van der Waals surface area contributed by atoms with Crippen LogP contribution in [0.1, 0.15) is 16.7 Å². The molecule has 0 aliphatic heterocycles. The average molecular weight is 308 g/mol. The molecule has 3 nitrogen and oxygen atoms in total. The monoisotopic (exact) mass is 307 g/mol. The standard InChI is InChI=1S/C10H5BrF3NO2/c11-8-2-6(10(12,13)14)1-5(4-15)7(8)3-9(16)17/h1-2H,3H2,(H,16,17). The Morgan fingerprint density at radius 1 is 1.47 bits per heavy atom. The molecular weight excluding hydrogens is 303 g/mol. The highest BCUT2D eigenvalue weighted by molar-refractivity contribution is 9.10. The number of nitrogens with zero attached hydrogens (tertiary/aromatic N) is 1. The second-order valence-corrected chi connectivity index (χ2v) is 4.02. The van der Waals surface area contributed by atoms with Crippen LogP contribution in [0.5, 0.6) is 0 Å². The van der Waals surface area contributed by atoms with Crippen molar-refractivity contribution in [1.29, 1.82) is 5.26 Å². The first kappa shape index (κ1) is 13.5. The smallest absolute Gasteiger partial charge is 0.416 e. The lowest BCUT2D eigenvalue weighted by Gasteiger charge is -2.11. The molecule has 1 N–H and O–H groups in total. The first-order valence-electron chi connectivity index (χ1n) is 4.27. The van der Waals surface area contributed by atoms with Crippen LogP contribution in [-0.2, 0) is 17.4 Å². The summed E-state index contributed by atoms with van der Waals surface area (Å²) in [6.07, 6.45) is -5.09. The van der Waals surface area contributed by atoms with Crippen molar-refractivity contribution in [2.45, 2.75) is 12.6 Å². The molecule has 1 aromatic carbocycles. The second kappa shape index (κ2) is 4.75. The van der Waals surface area contributed by atoms with Gasteiger partial charge in [-0.3, -0.25) is 4.79 Å². The van der Waals surface area contributed by atoms with Gasteiger partial charge in [0.2, 0.25) is 0 Å². The third kappa shape index (κ3) is 3.20. The molecule has 0 fully saturated rings. The van der Waals surface area contributed by atoms with E-state index in [1.807, 2.05) is 0 Å². The predicted molar refractivity (Wildman–Crippen MR) is 55.2 cm³/mol. The fourth-order valence-corrected chi connectivity index (χ4v) is 1.83. The van der Waals surface area contributed by atoms with Gasteiger partial charge >= 0.3 is 12.1 Å². The SMILES string of the molecule is N#Cc1cc(C(F)(F)F)cc(Br)c1CC(=O)O. The maximum atomic E-state index is 12.4. The van der Waals surface area contributed by atoms with Gasteiger partial charge in [0.25, 0.3) is 0 Å². The number of nitriles is 1. The van der Waals surface area contributed by atoms with E-state index in [1.54, 1.807) is 6.07 Å². The molecule has 0 saturated heterocycles. The molecule has 17 heavy (non-hydrogen) atoms. The van der Waals surface area contributed by atoms with Crippen LogP contribution in [0.15, 0.2) is 16.6 Å². The van der Waals surface area contributed by atoms with Crippen molar-refractivity contribution in [1.82, 2.24) is 0 Å². The first-order valence-corrected chi connectivity index (χ1v) is 5.06. The Morgan fingerprint density at radius 2 is 2.06 bits per heavy atom. The van der Waals surface area contributed by atoms with E-state index in [9.17, 15) is 18.0 Å². The van der Waals surface area contributed by atoms with Crippen molar-refractivity contribution in [3.8, 4) is 6.07 Å². The Hall–Kier alpha value is -1.55. The Morgan fingerprint density at radius 3 is 2.47 bits per heavy atom. The summed E-state index contributed by atoms with van der Waals surface area (Å²) in [6.45, 7) is 0. The van der Waals surface area contributed by atoms with Crippen LogP contribution in [0.2, 0.25) is 0 Å². The minimum atomic E-state index is -4.57. The Bertz CT molecular complexity index is 505. The van der Waals surface area contributed by atoms with Crippen LogP contribution in [0.3, 0.4) is 0 Å². The summed E-state index contributed by atoms with van der Waals surface area (Å²) in [5, 5.41) is 17.3. The number of hydrogen-bond acceptors (Lipinski definition) is 2. The number of carboxylic acid groups (broad SMARTS) is 1. The number of benzene rings is 1. The normalized spacial score (nSPS) is 11.0. The van der Waals surface area contributed by atoms with Crippen LogP contribution < -0.4 is 0 Å². The lowest BCUT2D eigenvalue weighted by Crippen LogP contribution is -2.09. The molecule has 1 rings (SSSR count). The van der Waals surface area contributed by atoms with Gasteiger partial charge in [-0.25, -0.2) is 0 Å². The van der Waals surface area contributed by atoms with Crippen molar-refractivity contribution >= 4 is 21.9 Å². The molecule has 0 aliphatic rings. The van der Waals surface area contributed by atoms with E-state index in [0.29, 0.717) is 6.07 Å². The zero-order valence-electron chi connectivity index (χ0n) is 8.18. The number of carboxylic acids is 1. The lowest BCUT2D eigenvalue weighted by molar-refractivity contribution is -0.137. The molecule has 0 bridgehead atoms. The summed E-state index contributed by atoms with van der Waals surface area (Å²) in [5.74, 6) is -1.22. The maximum Gasteiger partial charge on any atom is 0.416 e. The van der Waals surface area contributed by atoms with Crippen molar-refractivity contribution in [2.75, 3.05) is 0 Å². The molecule has 1 aromatic rings. The molecule has 90 valence electrons. The Balaban J connectivity index is 3.37. The van der Waals surface area contributed by atoms with E-state index >= 15 is 0 Å². The number of rotatable bonds is 2. The molecule has 0 heterocycles. The molecule has 0 aliphatic carbocycles. The van der Waals surface area contributed by atoms with Crippen LogP contribution in [0.25, 0.3) is 0 Å². The van der Waals surface area contributed by atoms with Gasteiger partial charge in [-0.1, -0.05) is 15.9 Å². The van der Waals surface area contributed by atoms with Crippen LogP contribution in [-0.4, -0.2) is 11.1 Å². The molecule has 0 amide bonds. The summed E-state index contributed by atoms with van der Waals surface area (Å²) in [5.41, 5.74) is -1.25. The molecule has 0 unspecified atom stereocenters. The summed E-state index contributed by atoms with van der Waals surface area (Å²) >= 11 is 2.85.